The molecule has 0 unspecified atom stereocenters. The molecule has 3 aromatic rings. The summed E-state index contributed by atoms with van der Waals surface area (Å²) in [5.74, 6) is 0.979. The Bertz CT molecular complexity index is 1040. The molecular weight excluding hydrogens is 368 g/mol. The average molecular weight is 388 g/mol. The van der Waals surface area contributed by atoms with E-state index >= 15 is 0 Å². The molecule has 2 atom stereocenters. The highest BCUT2D eigenvalue weighted by molar-refractivity contribution is 7.89. The number of benzene rings is 1. The lowest BCUT2D eigenvalue weighted by Gasteiger charge is -2.16. The third kappa shape index (κ3) is 3.06. The third-order valence-electron chi connectivity index (χ3n) is 4.94. The van der Waals surface area contributed by atoms with Crippen molar-refractivity contribution in [1.82, 2.24) is 19.6 Å². The van der Waals surface area contributed by atoms with Crippen LogP contribution < -0.4 is 0 Å². The lowest BCUT2D eigenvalue weighted by molar-refractivity contribution is 0.345. The molecule has 0 amide bonds. The van der Waals surface area contributed by atoms with Crippen LogP contribution in [-0.4, -0.2) is 41.1 Å². The largest absolute Gasteiger partial charge is 0.360 e. The van der Waals surface area contributed by atoms with Crippen molar-refractivity contribution in [3.05, 3.63) is 59.1 Å². The number of hydrogen-bond acceptors (Lipinski definition) is 7. The molecule has 8 nitrogen and oxygen atoms in total. The normalized spacial score (nSPS) is 21.0. The van der Waals surface area contributed by atoms with Gasteiger partial charge in [-0.25, -0.2) is 8.42 Å². The van der Waals surface area contributed by atoms with Gasteiger partial charge in [0, 0.05) is 19.0 Å². The van der Waals surface area contributed by atoms with Crippen molar-refractivity contribution in [2.24, 2.45) is 0 Å². The number of aryl methyl sites for hydroxylation is 3. The molecule has 142 valence electrons. The monoisotopic (exact) mass is 388 g/mol. The number of rotatable bonds is 4. The summed E-state index contributed by atoms with van der Waals surface area (Å²) in [6, 6.07) is 9.80. The van der Waals surface area contributed by atoms with E-state index in [4.69, 9.17) is 9.05 Å². The van der Waals surface area contributed by atoms with Gasteiger partial charge in [0.25, 0.3) is 0 Å². The van der Waals surface area contributed by atoms with E-state index in [9.17, 15) is 8.42 Å². The minimum Gasteiger partial charge on any atom is -0.360 e. The maximum absolute atomic E-state index is 13.3. The number of nitrogens with zero attached hydrogens (tertiary/aromatic N) is 4. The van der Waals surface area contributed by atoms with Gasteiger partial charge in [-0.05, 0) is 26.3 Å². The number of hydrogen-bond donors (Lipinski definition) is 0. The van der Waals surface area contributed by atoms with Gasteiger partial charge >= 0.3 is 0 Å². The van der Waals surface area contributed by atoms with Crippen LogP contribution in [0.4, 0.5) is 0 Å². The molecule has 1 fully saturated rings. The first-order valence-electron chi connectivity index (χ1n) is 8.66. The van der Waals surface area contributed by atoms with Gasteiger partial charge in [0.05, 0.1) is 5.92 Å². The summed E-state index contributed by atoms with van der Waals surface area (Å²) in [6.07, 6.45) is 0. The first kappa shape index (κ1) is 17.9. The van der Waals surface area contributed by atoms with E-state index in [0.717, 1.165) is 5.56 Å². The van der Waals surface area contributed by atoms with Crippen LogP contribution in [0.25, 0.3) is 0 Å². The zero-order chi connectivity index (χ0) is 19.2. The lowest BCUT2D eigenvalue weighted by Crippen LogP contribution is -2.29. The molecule has 0 spiro atoms. The second-order valence-electron chi connectivity index (χ2n) is 6.78. The van der Waals surface area contributed by atoms with E-state index in [-0.39, 0.29) is 23.3 Å². The minimum atomic E-state index is -3.74. The van der Waals surface area contributed by atoms with Gasteiger partial charge in [0.2, 0.25) is 15.9 Å². The molecule has 0 radical (unpaired) electrons. The first-order chi connectivity index (χ1) is 12.9. The van der Waals surface area contributed by atoms with E-state index in [0.29, 0.717) is 29.7 Å². The zero-order valence-corrected chi connectivity index (χ0v) is 16.1. The molecule has 1 aliphatic heterocycles. The highest BCUT2D eigenvalue weighted by Gasteiger charge is 2.44. The second-order valence-corrected chi connectivity index (χ2v) is 8.65. The summed E-state index contributed by atoms with van der Waals surface area (Å²) >= 11 is 0. The fourth-order valence-electron chi connectivity index (χ4n) is 3.69. The Morgan fingerprint density at radius 2 is 1.70 bits per heavy atom. The Morgan fingerprint density at radius 1 is 1.00 bits per heavy atom. The average Bonchev–Trinajstić information content (AvgIpc) is 3.34. The highest BCUT2D eigenvalue weighted by atomic mass is 32.2. The van der Waals surface area contributed by atoms with Crippen LogP contribution >= 0.6 is 0 Å². The maximum Gasteiger partial charge on any atom is 0.248 e. The Balaban J connectivity index is 1.74. The van der Waals surface area contributed by atoms with Crippen LogP contribution in [0.3, 0.4) is 0 Å². The van der Waals surface area contributed by atoms with Crippen molar-refractivity contribution in [2.45, 2.75) is 37.5 Å². The van der Waals surface area contributed by atoms with Crippen LogP contribution in [0.15, 0.2) is 44.3 Å². The molecule has 27 heavy (non-hydrogen) atoms. The molecule has 2 aromatic heterocycles. The van der Waals surface area contributed by atoms with Crippen molar-refractivity contribution in [2.75, 3.05) is 13.1 Å². The van der Waals surface area contributed by atoms with E-state index in [1.54, 1.807) is 20.8 Å². The molecule has 0 bridgehead atoms. The SMILES string of the molecule is Cc1noc([C@@H]2CN(S(=O)(=O)c3c(C)noc3C)C[C@@H]2c2ccccc2)n1. The van der Waals surface area contributed by atoms with E-state index in [1.807, 2.05) is 30.3 Å². The van der Waals surface area contributed by atoms with Crippen molar-refractivity contribution in [1.29, 1.82) is 0 Å². The van der Waals surface area contributed by atoms with E-state index < -0.39 is 10.0 Å². The molecule has 1 saturated heterocycles. The molecule has 1 aliphatic rings. The van der Waals surface area contributed by atoms with Gasteiger partial charge in [0.15, 0.2) is 11.6 Å². The molecular formula is C18H20N4O4S. The summed E-state index contributed by atoms with van der Waals surface area (Å²) < 4.78 is 38.4. The van der Waals surface area contributed by atoms with Gasteiger partial charge in [-0.2, -0.15) is 9.29 Å². The molecule has 3 heterocycles. The van der Waals surface area contributed by atoms with Gasteiger partial charge in [-0.3, -0.25) is 0 Å². The van der Waals surface area contributed by atoms with Crippen molar-refractivity contribution < 1.29 is 17.5 Å². The van der Waals surface area contributed by atoms with Crippen LogP contribution in [0.5, 0.6) is 0 Å². The predicted molar refractivity (Wildman–Crippen MR) is 95.7 cm³/mol. The number of aromatic nitrogens is 3. The molecule has 1 aromatic carbocycles. The molecule has 0 aliphatic carbocycles. The minimum absolute atomic E-state index is 0.0821. The molecule has 4 rings (SSSR count). The second kappa shape index (κ2) is 6.58. The zero-order valence-electron chi connectivity index (χ0n) is 15.3. The summed E-state index contributed by atoms with van der Waals surface area (Å²) in [5.41, 5.74) is 1.40. The Labute approximate surface area is 157 Å². The topological polar surface area (TPSA) is 102 Å². The van der Waals surface area contributed by atoms with Crippen molar-refractivity contribution in [3.63, 3.8) is 0 Å². The Kier molecular flexibility index (Phi) is 4.35. The lowest BCUT2D eigenvalue weighted by atomic mass is 9.89. The van der Waals surface area contributed by atoms with Crippen molar-refractivity contribution in [3.8, 4) is 0 Å². The molecule has 0 N–H and O–H groups in total. The smallest absolute Gasteiger partial charge is 0.248 e. The Hall–Kier alpha value is -2.52. The maximum atomic E-state index is 13.3. The summed E-state index contributed by atoms with van der Waals surface area (Å²) in [7, 11) is -3.74. The fourth-order valence-corrected chi connectivity index (χ4v) is 5.47. The molecule has 0 saturated carbocycles. The standard InChI is InChI=1S/C18H20N4O4S/c1-11-17(12(2)25-20-11)27(23,24)22-9-15(14-7-5-4-6-8-14)16(10-22)18-19-13(3)21-26-18/h4-8,15-16H,9-10H2,1-3H3/t15-,16-/m1/s1. The van der Waals surface area contributed by atoms with Crippen LogP contribution in [0.1, 0.15) is 40.6 Å². The van der Waals surface area contributed by atoms with Gasteiger partial charge in [0.1, 0.15) is 10.6 Å². The van der Waals surface area contributed by atoms with E-state index in [1.165, 1.54) is 4.31 Å². The summed E-state index contributed by atoms with van der Waals surface area (Å²) in [4.78, 5) is 4.49. The van der Waals surface area contributed by atoms with Gasteiger partial charge in [-0.15, -0.1) is 0 Å². The van der Waals surface area contributed by atoms with Crippen LogP contribution in [0, 0.1) is 20.8 Å². The first-order valence-corrected chi connectivity index (χ1v) is 10.1. The van der Waals surface area contributed by atoms with Crippen LogP contribution in [-0.2, 0) is 10.0 Å². The quantitative estimate of drug-likeness (QED) is 0.677. The van der Waals surface area contributed by atoms with Gasteiger partial charge < -0.3 is 9.05 Å². The van der Waals surface area contributed by atoms with Crippen molar-refractivity contribution >= 4 is 10.0 Å². The van der Waals surface area contributed by atoms with E-state index in [2.05, 4.69) is 15.3 Å². The predicted octanol–water partition coefficient (Wildman–Crippen LogP) is 2.55. The Morgan fingerprint density at radius 3 is 2.30 bits per heavy atom. The number of sulfonamides is 1. The fraction of sp³-hybridized carbons (Fsp3) is 0.389. The summed E-state index contributed by atoms with van der Waals surface area (Å²) in [5, 5.41) is 7.67. The van der Waals surface area contributed by atoms with Crippen LogP contribution in [0.2, 0.25) is 0 Å². The van der Waals surface area contributed by atoms with Gasteiger partial charge in [-0.1, -0.05) is 40.6 Å². The summed E-state index contributed by atoms with van der Waals surface area (Å²) in [6.45, 7) is 5.57. The highest BCUT2D eigenvalue weighted by Crippen LogP contribution is 2.41. The third-order valence-corrected chi connectivity index (χ3v) is 7.02. The molecule has 9 heteroatoms.